The summed E-state index contributed by atoms with van der Waals surface area (Å²) >= 11 is 0. The lowest BCUT2D eigenvalue weighted by molar-refractivity contribution is -0.135. The van der Waals surface area contributed by atoms with Crippen molar-refractivity contribution in [3.05, 3.63) is 71.3 Å². The molecule has 0 aliphatic rings. The van der Waals surface area contributed by atoms with E-state index in [2.05, 4.69) is 10.6 Å². The highest BCUT2D eigenvalue weighted by molar-refractivity contribution is 5.86. The van der Waals surface area contributed by atoms with E-state index in [1.807, 2.05) is 44.2 Å². The van der Waals surface area contributed by atoms with Crippen LogP contribution >= 0.6 is 0 Å². The Labute approximate surface area is 284 Å². The van der Waals surface area contributed by atoms with Gasteiger partial charge in [-0.15, -0.1) is 0 Å². The van der Waals surface area contributed by atoms with Crippen LogP contribution in [0.5, 0.6) is 0 Å². The predicted molar refractivity (Wildman–Crippen MR) is 182 cm³/mol. The van der Waals surface area contributed by atoms with Crippen molar-refractivity contribution in [2.24, 2.45) is 16.2 Å². The van der Waals surface area contributed by atoms with E-state index in [-0.39, 0.29) is 62.1 Å². The van der Waals surface area contributed by atoms with Gasteiger partial charge in [0.2, 0.25) is 11.8 Å². The number of aliphatic hydroxyl groups is 1. The van der Waals surface area contributed by atoms with E-state index >= 15 is 0 Å². The number of rotatable bonds is 18. The summed E-state index contributed by atoms with van der Waals surface area (Å²) in [4.78, 5) is 51.7. The van der Waals surface area contributed by atoms with Gasteiger partial charge in [-0.2, -0.15) is 0 Å². The Balaban J connectivity index is 2.00. The molecular formula is C38H54F2N2O6. The van der Waals surface area contributed by atoms with Crippen LogP contribution in [-0.4, -0.2) is 53.3 Å². The van der Waals surface area contributed by atoms with Gasteiger partial charge in [0.1, 0.15) is 23.5 Å². The number of amides is 2. The SMILES string of the molecule is CC(C)(CCC(=O)CC(Cc1cc(F)ccc1F)NC(=O)C(C)(C)C)CCC(=O)C(O)C(COCc1ccccc1)NC(=O)C(C)(C)C. The van der Waals surface area contributed by atoms with Crippen LogP contribution in [0.2, 0.25) is 0 Å². The second kappa shape index (κ2) is 17.8. The minimum atomic E-state index is -1.49. The Morgan fingerprint density at radius 2 is 1.40 bits per heavy atom. The minimum Gasteiger partial charge on any atom is -0.383 e. The molecule has 2 aromatic rings. The van der Waals surface area contributed by atoms with Crippen LogP contribution in [-0.2, 0) is 36.9 Å². The zero-order valence-corrected chi connectivity index (χ0v) is 29.8. The number of carbonyl (C=O) groups is 4. The molecule has 0 saturated heterocycles. The summed E-state index contributed by atoms with van der Waals surface area (Å²) in [6.07, 6.45) is -0.632. The molecule has 0 radical (unpaired) electrons. The number of ether oxygens (including phenoxy) is 1. The number of ketones is 2. The van der Waals surface area contributed by atoms with E-state index in [0.29, 0.717) is 12.8 Å². The van der Waals surface area contributed by atoms with Gasteiger partial charge in [-0.3, -0.25) is 19.2 Å². The zero-order chi connectivity index (χ0) is 36.3. The van der Waals surface area contributed by atoms with Crippen LogP contribution in [0.3, 0.4) is 0 Å². The van der Waals surface area contributed by atoms with Crippen LogP contribution < -0.4 is 10.6 Å². The molecule has 2 aromatic carbocycles. The fourth-order valence-corrected chi connectivity index (χ4v) is 4.83. The molecule has 266 valence electrons. The van der Waals surface area contributed by atoms with Gasteiger partial charge in [0.25, 0.3) is 0 Å². The van der Waals surface area contributed by atoms with Crippen LogP contribution in [0, 0.1) is 27.9 Å². The molecule has 0 aliphatic carbocycles. The summed E-state index contributed by atoms with van der Waals surface area (Å²) in [6, 6.07) is 10.9. The third-order valence-electron chi connectivity index (χ3n) is 8.21. The Kier molecular flexibility index (Phi) is 15.1. The van der Waals surface area contributed by atoms with E-state index in [0.717, 1.165) is 23.8 Å². The highest BCUT2D eigenvalue weighted by atomic mass is 19.1. The number of Topliss-reactive ketones (excluding diaryl/α,β-unsaturated/α-hetero) is 2. The lowest BCUT2D eigenvalue weighted by Crippen LogP contribution is -2.52. The molecule has 2 amide bonds. The topological polar surface area (TPSA) is 122 Å². The fourth-order valence-electron chi connectivity index (χ4n) is 4.83. The fraction of sp³-hybridized carbons (Fsp3) is 0.579. The molecule has 2 rings (SSSR count). The molecule has 8 nitrogen and oxygen atoms in total. The largest absolute Gasteiger partial charge is 0.383 e. The predicted octanol–water partition coefficient (Wildman–Crippen LogP) is 6.26. The Bertz CT molecular complexity index is 1380. The van der Waals surface area contributed by atoms with Crippen LogP contribution in [0.1, 0.15) is 98.6 Å². The summed E-state index contributed by atoms with van der Waals surface area (Å²) in [6.45, 7) is 14.4. The molecule has 48 heavy (non-hydrogen) atoms. The van der Waals surface area contributed by atoms with Gasteiger partial charge in [-0.25, -0.2) is 8.78 Å². The third kappa shape index (κ3) is 14.3. The first-order valence-electron chi connectivity index (χ1n) is 16.6. The number of halogens is 2. The summed E-state index contributed by atoms with van der Waals surface area (Å²) in [5, 5.41) is 16.6. The third-order valence-corrected chi connectivity index (χ3v) is 8.21. The molecule has 3 unspecified atom stereocenters. The molecule has 0 spiro atoms. The first-order chi connectivity index (χ1) is 22.2. The molecule has 0 saturated carbocycles. The maximum absolute atomic E-state index is 14.4. The number of hydrogen-bond acceptors (Lipinski definition) is 6. The van der Waals surface area contributed by atoms with Crippen LogP contribution in [0.25, 0.3) is 0 Å². The van der Waals surface area contributed by atoms with Crippen molar-refractivity contribution in [1.82, 2.24) is 10.6 Å². The van der Waals surface area contributed by atoms with Crippen LogP contribution in [0.15, 0.2) is 48.5 Å². The Hall–Kier alpha value is -3.50. The lowest BCUT2D eigenvalue weighted by Gasteiger charge is -2.29. The van der Waals surface area contributed by atoms with Gasteiger partial charge in [0, 0.05) is 36.1 Å². The van der Waals surface area contributed by atoms with Crippen molar-refractivity contribution in [2.45, 2.75) is 119 Å². The van der Waals surface area contributed by atoms with Crippen molar-refractivity contribution in [3.63, 3.8) is 0 Å². The molecule has 3 atom stereocenters. The maximum atomic E-state index is 14.4. The van der Waals surface area contributed by atoms with Crippen molar-refractivity contribution in [2.75, 3.05) is 6.61 Å². The van der Waals surface area contributed by atoms with Crippen molar-refractivity contribution < 1.29 is 37.8 Å². The number of nitrogens with one attached hydrogen (secondary N) is 2. The van der Waals surface area contributed by atoms with Gasteiger partial charge >= 0.3 is 0 Å². The monoisotopic (exact) mass is 672 g/mol. The second-order valence-electron chi connectivity index (χ2n) is 15.5. The smallest absolute Gasteiger partial charge is 0.225 e. The number of aliphatic hydroxyl groups excluding tert-OH is 1. The van der Waals surface area contributed by atoms with Gasteiger partial charge < -0.3 is 20.5 Å². The molecule has 0 fully saturated rings. The summed E-state index contributed by atoms with van der Waals surface area (Å²) in [5.41, 5.74) is -0.961. The summed E-state index contributed by atoms with van der Waals surface area (Å²) < 4.78 is 34.0. The van der Waals surface area contributed by atoms with Crippen molar-refractivity contribution in [3.8, 4) is 0 Å². The molecule has 0 aromatic heterocycles. The second-order valence-corrected chi connectivity index (χ2v) is 15.5. The highest BCUT2D eigenvalue weighted by Crippen LogP contribution is 2.30. The van der Waals surface area contributed by atoms with Crippen molar-refractivity contribution >= 4 is 23.4 Å². The van der Waals surface area contributed by atoms with E-state index < -0.39 is 51.9 Å². The Morgan fingerprint density at radius 1 is 0.812 bits per heavy atom. The average Bonchev–Trinajstić information content (AvgIpc) is 2.99. The quantitative estimate of drug-likeness (QED) is 0.172. The number of hydrogen-bond donors (Lipinski definition) is 3. The first kappa shape index (κ1) is 40.7. The molecule has 0 aliphatic heterocycles. The standard InChI is InChI=1S/C38H54F2N2O6/c1-36(2,3)34(46)41-28(21-26-20-27(39)14-15-30(26)40)22-29(43)16-18-38(7,8)19-17-32(44)33(45)31(42-35(47)37(4,5)6)24-48-23-25-12-10-9-11-13-25/h9-15,20,28,31,33,45H,16-19,21-24H2,1-8H3,(H,41,46)(H,42,47). The maximum Gasteiger partial charge on any atom is 0.225 e. The summed E-state index contributed by atoms with van der Waals surface area (Å²) in [5.74, 6) is -2.46. The highest BCUT2D eigenvalue weighted by Gasteiger charge is 2.33. The Morgan fingerprint density at radius 3 is 2.00 bits per heavy atom. The molecule has 0 heterocycles. The van der Waals surface area contributed by atoms with Crippen molar-refractivity contribution in [1.29, 1.82) is 0 Å². The first-order valence-corrected chi connectivity index (χ1v) is 16.6. The van der Waals surface area contributed by atoms with Gasteiger partial charge in [0.05, 0.1) is 19.3 Å². The minimum absolute atomic E-state index is 0.0199. The van der Waals surface area contributed by atoms with Gasteiger partial charge in [-0.1, -0.05) is 85.7 Å². The van der Waals surface area contributed by atoms with E-state index in [9.17, 15) is 33.1 Å². The van der Waals surface area contributed by atoms with E-state index in [1.165, 1.54) is 0 Å². The number of carbonyl (C=O) groups excluding carboxylic acids is 4. The molecule has 0 bridgehead atoms. The lowest BCUT2D eigenvalue weighted by atomic mass is 9.80. The molecule has 10 heteroatoms. The molecule has 3 N–H and O–H groups in total. The average molecular weight is 673 g/mol. The zero-order valence-electron chi connectivity index (χ0n) is 29.8. The van der Waals surface area contributed by atoms with E-state index in [1.54, 1.807) is 41.5 Å². The van der Waals surface area contributed by atoms with Crippen LogP contribution in [0.4, 0.5) is 8.78 Å². The van der Waals surface area contributed by atoms with E-state index in [4.69, 9.17) is 4.74 Å². The number of benzene rings is 2. The van der Waals surface area contributed by atoms with Gasteiger partial charge in [0.15, 0.2) is 5.78 Å². The summed E-state index contributed by atoms with van der Waals surface area (Å²) in [7, 11) is 0. The molecular weight excluding hydrogens is 618 g/mol. The normalized spacial score (nSPS) is 14.1. The van der Waals surface area contributed by atoms with Gasteiger partial charge in [-0.05, 0) is 54.0 Å².